The minimum Gasteiger partial charge on any atom is -0.508 e. The van der Waals surface area contributed by atoms with Gasteiger partial charge in [-0.3, -0.25) is 4.79 Å². The summed E-state index contributed by atoms with van der Waals surface area (Å²) in [5.41, 5.74) is 2.60. The average Bonchev–Trinajstić information content (AvgIpc) is 2.66. The van der Waals surface area contributed by atoms with Crippen LogP contribution < -0.4 is 0 Å². The number of allylic oxidation sites excluding steroid dienone is 3. The van der Waals surface area contributed by atoms with Gasteiger partial charge in [-0.15, -0.1) is 6.58 Å². The second-order valence-electron chi connectivity index (χ2n) is 6.23. The first kappa shape index (κ1) is 14.1. The second-order valence-corrected chi connectivity index (χ2v) is 6.23. The van der Waals surface area contributed by atoms with Crippen LogP contribution in [0.2, 0.25) is 0 Å². The Morgan fingerprint density at radius 2 is 1.86 bits per heavy atom. The zero-order valence-corrected chi connectivity index (χ0v) is 12.3. The third kappa shape index (κ3) is 2.80. The zero-order chi connectivity index (χ0) is 14.8. The van der Waals surface area contributed by atoms with Crippen molar-refractivity contribution in [3.05, 3.63) is 54.1 Å². The fourth-order valence-corrected chi connectivity index (χ4v) is 4.00. The van der Waals surface area contributed by atoms with Crippen molar-refractivity contribution < 1.29 is 9.90 Å². The summed E-state index contributed by atoms with van der Waals surface area (Å²) in [4.78, 5) is 11.7. The topological polar surface area (TPSA) is 37.3 Å². The fraction of sp³-hybridized carbons (Fsp3) is 0.421. The molecule has 0 bridgehead atoms. The monoisotopic (exact) mass is 282 g/mol. The molecule has 110 valence electrons. The molecule has 0 spiro atoms. The number of phenolic OH excluding ortho intramolecular Hbond substituents is 1. The van der Waals surface area contributed by atoms with Crippen LogP contribution in [0, 0.1) is 11.8 Å². The first-order valence-corrected chi connectivity index (χ1v) is 7.84. The number of carbonyl (C=O) groups excluding carboxylic acids is 1. The molecular weight excluding hydrogens is 260 g/mol. The van der Waals surface area contributed by atoms with Gasteiger partial charge in [0.25, 0.3) is 0 Å². The Hall–Kier alpha value is -1.83. The summed E-state index contributed by atoms with van der Waals surface area (Å²) in [7, 11) is 0. The lowest BCUT2D eigenvalue weighted by Gasteiger charge is -2.32. The first-order chi connectivity index (χ1) is 10.2. The van der Waals surface area contributed by atoms with Crippen LogP contribution in [0.5, 0.6) is 5.75 Å². The van der Waals surface area contributed by atoms with Gasteiger partial charge >= 0.3 is 0 Å². The molecule has 2 aliphatic rings. The van der Waals surface area contributed by atoms with Gasteiger partial charge in [-0.2, -0.15) is 0 Å². The van der Waals surface area contributed by atoms with Crippen molar-refractivity contribution in [2.45, 2.75) is 38.0 Å². The molecule has 2 heteroatoms. The smallest absolute Gasteiger partial charge is 0.155 e. The molecule has 1 saturated carbocycles. The molecule has 2 nitrogen and oxygen atoms in total. The number of hydrogen-bond donors (Lipinski definition) is 1. The van der Waals surface area contributed by atoms with Crippen LogP contribution in [0.4, 0.5) is 0 Å². The fourth-order valence-electron chi connectivity index (χ4n) is 4.00. The Labute approximate surface area is 126 Å². The molecule has 0 aliphatic heterocycles. The standard InChI is InChI=1S/C19H22O2/c1-2-17-18(13-6-8-15(20)9-7-13)5-3-4-14-12-16(21)10-11-19(14)17/h2,6-9,12,17-20H,1,3-5,10-11H2. The number of benzene rings is 1. The third-order valence-corrected chi connectivity index (χ3v) is 5.03. The number of rotatable bonds is 2. The van der Waals surface area contributed by atoms with E-state index in [0.29, 0.717) is 29.9 Å². The second kappa shape index (κ2) is 5.88. The van der Waals surface area contributed by atoms with Gasteiger partial charge in [0.15, 0.2) is 5.78 Å². The van der Waals surface area contributed by atoms with E-state index in [-0.39, 0.29) is 5.78 Å². The van der Waals surface area contributed by atoms with Gasteiger partial charge in [0.2, 0.25) is 0 Å². The molecule has 21 heavy (non-hydrogen) atoms. The van der Waals surface area contributed by atoms with Gasteiger partial charge in [0, 0.05) is 6.42 Å². The maximum atomic E-state index is 11.7. The molecule has 0 radical (unpaired) electrons. The molecule has 0 saturated heterocycles. The molecule has 1 N–H and O–H groups in total. The minimum atomic E-state index is 0.284. The number of phenols is 1. The van der Waals surface area contributed by atoms with Crippen LogP contribution in [0.25, 0.3) is 0 Å². The van der Waals surface area contributed by atoms with Gasteiger partial charge in [-0.05, 0) is 67.2 Å². The summed E-state index contributed by atoms with van der Waals surface area (Å²) < 4.78 is 0. The SMILES string of the molecule is C=CC1C2CCC(=O)C=C2CCCC1c1ccc(O)cc1. The van der Waals surface area contributed by atoms with Gasteiger partial charge < -0.3 is 5.11 Å². The van der Waals surface area contributed by atoms with Crippen LogP contribution in [0.15, 0.2) is 48.6 Å². The quantitative estimate of drug-likeness (QED) is 0.818. The normalized spacial score (nSPS) is 29.2. The molecule has 3 rings (SSSR count). The minimum absolute atomic E-state index is 0.284. The van der Waals surface area contributed by atoms with Crippen LogP contribution in [0.3, 0.4) is 0 Å². The summed E-state index contributed by atoms with van der Waals surface area (Å²) in [6, 6.07) is 7.58. The third-order valence-electron chi connectivity index (χ3n) is 5.03. The van der Waals surface area contributed by atoms with Gasteiger partial charge in [0.05, 0.1) is 0 Å². The maximum Gasteiger partial charge on any atom is 0.155 e. The lowest BCUT2D eigenvalue weighted by atomic mass is 9.72. The molecule has 0 heterocycles. The van der Waals surface area contributed by atoms with Gasteiger partial charge in [0.1, 0.15) is 5.75 Å². The van der Waals surface area contributed by atoms with Crippen LogP contribution in [0.1, 0.15) is 43.6 Å². The molecule has 1 fully saturated rings. The van der Waals surface area contributed by atoms with Crippen LogP contribution in [-0.2, 0) is 4.79 Å². The Morgan fingerprint density at radius 1 is 1.10 bits per heavy atom. The van der Waals surface area contributed by atoms with Crippen molar-refractivity contribution in [2.75, 3.05) is 0 Å². The number of hydrogen-bond acceptors (Lipinski definition) is 2. The van der Waals surface area contributed by atoms with Crippen molar-refractivity contribution in [1.82, 2.24) is 0 Å². The summed E-state index contributed by atoms with van der Waals surface area (Å²) >= 11 is 0. The van der Waals surface area contributed by atoms with Crippen LogP contribution in [-0.4, -0.2) is 10.9 Å². The van der Waals surface area contributed by atoms with Crippen molar-refractivity contribution in [3.63, 3.8) is 0 Å². The van der Waals surface area contributed by atoms with E-state index in [9.17, 15) is 9.90 Å². The Kier molecular flexibility index (Phi) is 3.96. The Bertz CT molecular complexity index is 568. The van der Waals surface area contributed by atoms with E-state index in [1.165, 1.54) is 11.1 Å². The Morgan fingerprint density at radius 3 is 2.57 bits per heavy atom. The van der Waals surface area contributed by atoms with E-state index in [2.05, 4.69) is 12.7 Å². The highest BCUT2D eigenvalue weighted by Gasteiger charge is 2.35. The van der Waals surface area contributed by atoms with E-state index in [0.717, 1.165) is 25.7 Å². The summed E-state index contributed by atoms with van der Waals surface area (Å²) in [5, 5.41) is 9.48. The largest absolute Gasteiger partial charge is 0.508 e. The van der Waals surface area contributed by atoms with Crippen molar-refractivity contribution in [1.29, 1.82) is 0 Å². The molecule has 0 aromatic heterocycles. The highest BCUT2D eigenvalue weighted by Crippen LogP contribution is 2.46. The van der Waals surface area contributed by atoms with Gasteiger partial charge in [-0.25, -0.2) is 0 Å². The van der Waals surface area contributed by atoms with Crippen molar-refractivity contribution in [3.8, 4) is 5.75 Å². The number of aromatic hydroxyl groups is 1. The Balaban J connectivity index is 1.94. The van der Waals surface area contributed by atoms with E-state index in [1.807, 2.05) is 18.2 Å². The van der Waals surface area contributed by atoms with E-state index < -0.39 is 0 Å². The molecular formula is C19H22O2. The molecule has 3 unspecified atom stereocenters. The van der Waals surface area contributed by atoms with Crippen LogP contribution >= 0.6 is 0 Å². The van der Waals surface area contributed by atoms with Gasteiger partial charge in [-0.1, -0.05) is 23.8 Å². The summed E-state index contributed by atoms with van der Waals surface area (Å²) in [6.45, 7) is 4.07. The number of fused-ring (bicyclic) bond motifs is 1. The molecule has 0 amide bonds. The maximum absolute atomic E-state index is 11.7. The lowest BCUT2D eigenvalue weighted by Crippen LogP contribution is -2.24. The molecule has 2 aliphatic carbocycles. The van der Waals surface area contributed by atoms with Crippen molar-refractivity contribution >= 4 is 5.78 Å². The first-order valence-electron chi connectivity index (χ1n) is 7.84. The molecule has 3 atom stereocenters. The highest BCUT2D eigenvalue weighted by molar-refractivity contribution is 5.91. The predicted molar refractivity (Wildman–Crippen MR) is 84.2 cm³/mol. The number of carbonyl (C=O) groups is 1. The lowest BCUT2D eigenvalue weighted by molar-refractivity contribution is -0.115. The molecule has 1 aromatic rings. The predicted octanol–water partition coefficient (Wildman–Crippen LogP) is 4.37. The number of ketones is 1. The molecule has 1 aromatic carbocycles. The average molecular weight is 282 g/mol. The zero-order valence-electron chi connectivity index (χ0n) is 12.3. The van der Waals surface area contributed by atoms with E-state index in [1.54, 1.807) is 12.1 Å². The van der Waals surface area contributed by atoms with E-state index in [4.69, 9.17) is 0 Å². The van der Waals surface area contributed by atoms with Crippen molar-refractivity contribution in [2.24, 2.45) is 11.8 Å². The highest BCUT2D eigenvalue weighted by atomic mass is 16.3. The summed E-state index contributed by atoms with van der Waals surface area (Å²) in [5.74, 6) is 1.88. The summed E-state index contributed by atoms with van der Waals surface area (Å²) in [6.07, 6.45) is 8.86. The van der Waals surface area contributed by atoms with E-state index >= 15 is 0 Å².